The van der Waals surface area contributed by atoms with Crippen LogP contribution in [-0.4, -0.2) is 86.8 Å². The van der Waals surface area contributed by atoms with Crippen LogP contribution in [0, 0.1) is 0 Å². The Morgan fingerprint density at radius 3 is 0.389 bits per heavy atom. The first-order valence-electron chi connectivity index (χ1n) is 0.695. The Kier molecular flexibility index (Phi) is 15800. The van der Waals surface area contributed by atoms with Gasteiger partial charge in [0, 0.05) is 0 Å². The van der Waals surface area contributed by atoms with Gasteiger partial charge in [-0.3, -0.25) is 0 Å². The van der Waals surface area contributed by atoms with Gasteiger partial charge in [-0.15, -0.1) is 0 Å². The molecule has 0 aliphatic rings. The summed E-state index contributed by atoms with van der Waals surface area (Å²) in [6, 6.07) is 0. The molecule has 29 N–H and O–H groups in total. The normalized spacial score (nSPS) is 2.00. The van der Waals surface area contributed by atoms with Crippen LogP contribution in [0.5, 0.6) is 0 Å². The van der Waals surface area contributed by atoms with Gasteiger partial charge in [0.1, 0.15) is 0 Å². The molecule has 0 spiro atoms. The maximum Gasteiger partial charge on any atom is 0.204 e. The topological polar surface area (TPSA) is 461 Å². The van der Waals surface area contributed by atoms with Crippen LogP contribution in [0.3, 0.4) is 0 Å². The summed E-state index contributed by atoms with van der Waals surface area (Å²) in [5.74, 6) is 0. The lowest BCUT2D eigenvalue weighted by Crippen LogP contribution is -1.73. The molecule has 15 nitrogen and oxygen atoms in total. The first kappa shape index (κ1) is 584. The zero-order chi connectivity index (χ0) is 3.58. The van der Waals surface area contributed by atoms with E-state index in [9.17, 15) is 0 Å². The van der Waals surface area contributed by atoms with Crippen LogP contribution in [0.25, 0.3) is 0 Å². The zero-order valence-electron chi connectivity index (χ0n) is 8.78. The molecule has 0 saturated heterocycles. The molecule has 0 aliphatic heterocycles. The highest BCUT2D eigenvalue weighted by Gasteiger charge is 1.76. The first-order valence-corrected chi connectivity index (χ1v) is 1.57. The maximum absolute atomic E-state index is 7.59. The Bertz CT molecular complexity index is 19.2. The highest BCUT2D eigenvalue weighted by molar-refractivity contribution is 6.42. The first-order chi connectivity index (χ1) is 1.73. The summed E-state index contributed by atoms with van der Waals surface area (Å²) in [6.07, 6.45) is 0. The molecule has 0 radical (unpaired) electrons. The van der Waals surface area contributed by atoms with Crippen molar-refractivity contribution in [2.24, 2.45) is 0 Å². The van der Waals surface area contributed by atoms with E-state index in [1.807, 2.05) is 0 Å². The summed E-state index contributed by atoms with van der Waals surface area (Å²) in [5, 5.41) is 6.36. The molecule has 0 aromatic rings. The molecule has 0 aromatic carbocycles. The van der Waals surface area contributed by atoms with E-state index in [1.165, 1.54) is 0 Å². The number of halogens is 2. The average Bonchev–Trinajstić information content (AvgIpc) is 0.811. The van der Waals surface area contributed by atoms with E-state index in [0.717, 1.165) is 0 Å². The molecule has 0 fully saturated rings. The van der Waals surface area contributed by atoms with Gasteiger partial charge in [-0.05, 0) is 0 Å². The van der Waals surface area contributed by atoms with Crippen LogP contribution in [0.4, 0.5) is 0 Å². The number of hydrogen-bond acceptors (Lipinski definition) is 1. The van der Waals surface area contributed by atoms with Crippen molar-refractivity contribution in [3.63, 3.8) is 0 Å². The number of aliphatic hydroxyl groups is 1. The van der Waals surface area contributed by atoms with E-state index in [0.29, 0.717) is 0 Å². The number of hydrogen-bond donors (Lipinski definition) is 1. The van der Waals surface area contributed by atoms with Crippen LogP contribution >= 0.6 is 23.2 Å². The predicted molar refractivity (Wildman–Crippen MR) is 68.3 cm³/mol. The van der Waals surface area contributed by atoms with Gasteiger partial charge in [-0.2, -0.15) is 0 Å². The average molecular weight is 353 g/mol. The van der Waals surface area contributed by atoms with Crippen LogP contribution in [-0.2, 0) is 0 Å². The van der Waals surface area contributed by atoms with Gasteiger partial charge in [-0.1, -0.05) is 23.2 Å². The minimum absolute atomic E-state index is 0. The quantitative estimate of drug-likeness (QED) is 0.407. The second-order valence-electron chi connectivity index (χ2n) is 0.278. The van der Waals surface area contributed by atoms with Gasteiger partial charge in [0.05, 0.1) is 0 Å². The Labute approximate surface area is 111 Å². The molecule has 0 aromatic heterocycles. The SMILES string of the molecule is O.O.O.O.O.O.O.O.O.O.O.O.O.O.OC(Cl)Cl. The van der Waals surface area contributed by atoms with Crippen molar-refractivity contribution < 1.29 is 81.8 Å². The highest BCUT2D eigenvalue weighted by atomic mass is 35.5. The van der Waals surface area contributed by atoms with Gasteiger partial charge < -0.3 is 81.8 Å². The Balaban J connectivity index is -0.000000000495. The number of alkyl halides is 2. The lowest BCUT2D eigenvalue weighted by molar-refractivity contribution is 0.333. The fraction of sp³-hybridized carbons (Fsp3) is 1.00. The van der Waals surface area contributed by atoms with E-state index in [4.69, 9.17) is 5.11 Å². The molecule has 0 unspecified atom stereocenters. The monoisotopic (exact) mass is 352 g/mol. The Hall–Kier alpha value is -0.0200. The standard InChI is InChI=1S/CH2Cl2O.14H2O/c2-1(3)4;;;;;;;;;;;;;;/h1,4H;14*1H2. The third kappa shape index (κ3) is 8960000. The van der Waals surface area contributed by atoms with Crippen molar-refractivity contribution in [2.45, 2.75) is 5.02 Å². The van der Waals surface area contributed by atoms with Crippen LogP contribution in [0.2, 0.25) is 0 Å². The van der Waals surface area contributed by atoms with Gasteiger partial charge >= 0.3 is 0 Å². The molecule has 17 heteroatoms. The maximum atomic E-state index is 7.59. The smallest absolute Gasteiger partial charge is 0.204 e. The zero-order valence-corrected chi connectivity index (χ0v) is 10.3. The number of aliphatic hydroxyl groups excluding tert-OH is 1. The lowest BCUT2D eigenvalue weighted by atomic mass is 11.7. The Morgan fingerprint density at radius 1 is 0.389 bits per heavy atom. The molecule has 18 heavy (non-hydrogen) atoms. The molecular weight excluding hydrogens is 323 g/mol. The van der Waals surface area contributed by atoms with Crippen molar-refractivity contribution in [1.29, 1.82) is 0 Å². The fourth-order valence-corrected chi connectivity index (χ4v) is 0. The molecule has 0 amide bonds. The summed E-state index contributed by atoms with van der Waals surface area (Å²) in [5.41, 5.74) is 0. The molecule has 0 saturated carbocycles. The van der Waals surface area contributed by atoms with Crippen molar-refractivity contribution >= 4 is 23.2 Å². The molecule has 0 heterocycles. The van der Waals surface area contributed by atoms with Crippen molar-refractivity contribution in [2.75, 3.05) is 0 Å². The fourth-order valence-electron chi connectivity index (χ4n) is 0. The molecule has 0 rings (SSSR count). The van der Waals surface area contributed by atoms with Crippen molar-refractivity contribution in [3.8, 4) is 0 Å². The summed E-state index contributed by atoms with van der Waals surface area (Å²) >= 11 is 9.19. The summed E-state index contributed by atoms with van der Waals surface area (Å²) in [7, 11) is 0. The third-order valence-corrected chi connectivity index (χ3v) is 0. The van der Waals surface area contributed by atoms with Crippen LogP contribution < -0.4 is 0 Å². The van der Waals surface area contributed by atoms with Crippen molar-refractivity contribution in [1.82, 2.24) is 0 Å². The highest BCUT2D eigenvalue weighted by Crippen LogP contribution is 1.90. The largest absolute Gasteiger partial charge is 0.412 e. The molecule has 0 bridgehead atoms. The van der Waals surface area contributed by atoms with E-state index in [-0.39, 0.29) is 76.7 Å². The predicted octanol–water partition coefficient (Wildman–Crippen LogP) is -10.8. The molecular formula is CH30Cl2O15. The number of rotatable bonds is 0. The van der Waals surface area contributed by atoms with Gasteiger partial charge in [0.15, 0.2) is 0 Å². The second kappa shape index (κ2) is 488. The molecule has 138 valence electrons. The van der Waals surface area contributed by atoms with E-state index in [1.54, 1.807) is 0 Å². The van der Waals surface area contributed by atoms with E-state index in [2.05, 4.69) is 23.2 Å². The minimum Gasteiger partial charge on any atom is -0.412 e. The van der Waals surface area contributed by atoms with Gasteiger partial charge in [0.25, 0.3) is 0 Å². The molecule has 0 atom stereocenters. The third-order valence-electron chi connectivity index (χ3n) is 0. The second-order valence-corrected chi connectivity index (χ2v) is 1.33. The van der Waals surface area contributed by atoms with E-state index < -0.39 is 5.02 Å². The Morgan fingerprint density at radius 2 is 0.389 bits per heavy atom. The minimum atomic E-state index is -1.22. The summed E-state index contributed by atoms with van der Waals surface area (Å²) in [4.78, 5) is 0. The lowest BCUT2D eigenvalue weighted by Gasteiger charge is -1.73. The molecule has 0 aliphatic carbocycles. The van der Waals surface area contributed by atoms with Crippen LogP contribution in [0.15, 0.2) is 0 Å². The van der Waals surface area contributed by atoms with E-state index >= 15 is 0 Å². The van der Waals surface area contributed by atoms with Crippen LogP contribution in [0.1, 0.15) is 0 Å². The van der Waals surface area contributed by atoms with Gasteiger partial charge in [0.2, 0.25) is 5.02 Å². The summed E-state index contributed by atoms with van der Waals surface area (Å²) in [6.45, 7) is 0. The van der Waals surface area contributed by atoms with Gasteiger partial charge in [-0.25, -0.2) is 0 Å². The summed E-state index contributed by atoms with van der Waals surface area (Å²) < 4.78 is 0. The van der Waals surface area contributed by atoms with Crippen molar-refractivity contribution in [3.05, 3.63) is 0 Å².